The van der Waals surface area contributed by atoms with Crippen LogP contribution in [0.4, 0.5) is 17.1 Å². The fourth-order valence-electron chi connectivity index (χ4n) is 4.89. The second-order valence-corrected chi connectivity index (χ2v) is 11.6. The Morgan fingerprint density at radius 3 is 2.42 bits per heavy atom. The maximum atomic E-state index is 13.7. The van der Waals surface area contributed by atoms with Crippen molar-refractivity contribution in [2.45, 2.75) is 22.7 Å². The summed E-state index contributed by atoms with van der Waals surface area (Å²) in [5.41, 5.74) is 0.533. The number of nitrogens with zero attached hydrogens (tertiary/aromatic N) is 3. The Kier molecular flexibility index (Phi) is 6.56. The van der Waals surface area contributed by atoms with Gasteiger partial charge in [0.1, 0.15) is 17.6 Å². The number of nitro benzene ring substituents is 1. The van der Waals surface area contributed by atoms with Gasteiger partial charge in [-0.3, -0.25) is 33.9 Å². The molecule has 3 amide bonds. The molecule has 4 heterocycles. The van der Waals surface area contributed by atoms with Crippen LogP contribution in [-0.4, -0.2) is 32.5 Å². The van der Waals surface area contributed by atoms with E-state index in [1.54, 1.807) is 36.4 Å². The summed E-state index contributed by atoms with van der Waals surface area (Å²) in [6.45, 7) is -0.309. The summed E-state index contributed by atoms with van der Waals surface area (Å²) in [4.78, 5) is 65.0. The lowest BCUT2D eigenvalue weighted by Crippen LogP contribution is -2.32. The fraction of sp³-hybridized carbons (Fsp3) is 0.154. The highest BCUT2D eigenvalue weighted by Gasteiger charge is 2.57. The first kappa shape index (κ1) is 26.0. The topological polar surface area (TPSA) is 145 Å². The number of amides is 3. The molecule has 0 radical (unpaired) electrons. The minimum absolute atomic E-state index is 0.175. The van der Waals surface area contributed by atoms with Crippen LogP contribution in [0.25, 0.3) is 0 Å². The average molecular weight is 597 g/mol. The van der Waals surface area contributed by atoms with Gasteiger partial charge in [0.25, 0.3) is 5.69 Å². The number of anilines is 2. The smallest absolute Gasteiger partial charge is 0.308 e. The van der Waals surface area contributed by atoms with Crippen LogP contribution in [-0.2, 0) is 20.9 Å². The number of halogens is 1. The Hall–Kier alpha value is -4.20. The fourth-order valence-corrected chi connectivity index (χ4v) is 7.76. The van der Waals surface area contributed by atoms with Crippen LogP contribution >= 0.6 is 34.7 Å². The zero-order chi connectivity index (χ0) is 28.1. The van der Waals surface area contributed by atoms with Gasteiger partial charge in [0.15, 0.2) is 0 Å². The monoisotopic (exact) mass is 596 g/mol. The maximum Gasteiger partial charge on any atom is 0.308 e. The normalized spacial score (nSPS) is 19.8. The van der Waals surface area contributed by atoms with E-state index >= 15 is 0 Å². The van der Waals surface area contributed by atoms with Gasteiger partial charge in [-0.05, 0) is 48.5 Å². The van der Waals surface area contributed by atoms with E-state index in [1.807, 2.05) is 0 Å². The predicted octanol–water partition coefficient (Wildman–Crippen LogP) is 4.50. The van der Waals surface area contributed by atoms with Crippen LogP contribution in [0.2, 0.25) is 5.02 Å². The van der Waals surface area contributed by atoms with Gasteiger partial charge in [-0.15, -0.1) is 0 Å². The number of rotatable bonds is 6. The zero-order valence-corrected chi connectivity index (χ0v) is 22.6. The number of carbonyl (C=O) groups excluding carboxylic acids is 3. The van der Waals surface area contributed by atoms with E-state index in [9.17, 15) is 29.3 Å². The Bertz CT molecular complexity index is 1720. The van der Waals surface area contributed by atoms with Crippen molar-refractivity contribution in [3.8, 4) is 0 Å². The summed E-state index contributed by atoms with van der Waals surface area (Å²) in [6.07, 6.45) is 1.44. The molecule has 0 aliphatic carbocycles. The highest BCUT2D eigenvalue weighted by atomic mass is 35.5. The number of hydrogen-bond donors (Lipinski definition) is 1. The van der Waals surface area contributed by atoms with Crippen LogP contribution in [0.1, 0.15) is 16.6 Å². The number of thiazole rings is 1. The van der Waals surface area contributed by atoms with Gasteiger partial charge in [0.2, 0.25) is 17.7 Å². The van der Waals surface area contributed by atoms with Gasteiger partial charge in [-0.25, -0.2) is 4.90 Å². The Balaban J connectivity index is 1.36. The molecular formula is C26H17ClN4O7S2. The van der Waals surface area contributed by atoms with E-state index in [0.29, 0.717) is 26.4 Å². The first-order chi connectivity index (χ1) is 19.2. The van der Waals surface area contributed by atoms with Crippen molar-refractivity contribution >= 4 is 69.5 Å². The van der Waals surface area contributed by atoms with Crippen molar-refractivity contribution in [3.05, 3.63) is 102 Å². The molecule has 40 heavy (non-hydrogen) atoms. The summed E-state index contributed by atoms with van der Waals surface area (Å²) in [5, 5.41) is 13.8. The number of thioether (sulfide) groups is 1. The van der Waals surface area contributed by atoms with Crippen molar-refractivity contribution < 1.29 is 23.7 Å². The number of aromatic nitrogens is 1. The number of non-ortho nitro benzene ring substituents is 1. The number of hydrogen-bond acceptors (Lipinski definition) is 9. The molecule has 2 unspecified atom stereocenters. The molecule has 14 heteroatoms. The second-order valence-electron chi connectivity index (χ2n) is 9.02. The highest BCUT2D eigenvalue weighted by molar-refractivity contribution is 8.00. The number of nitrogens with one attached hydrogen (secondary N) is 1. The Morgan fingerprint density at radius 1 is 1.05 bits per heavy atom. The Morgan fingerprint density at radius 2 is 1.77 bits per heavy atom. The molecule has 0 saturated carbocycles. The lowest BCUT2D eigenvalue weighted by atomic mass is 9.87. The molecule has 2 aromatic carbocycles. The number of nitro groups is 1. The van der Waals surface area contributed by atoms with Crippen LogP contribution in [0, 0.1) is 16.0 Å². The molecule has 1 N–H and O–H groups in total. The zero-order valence-electron chi connectivity index (χ0n) is 20.2. The standard InChI is InChI=1S/C26H17ClN4O7S2/c27-13-3-5-14(6-4-13)28-18(32)12-29-25-22(40-26(29)35)19(17-2-1-11-38-17)20-21(39-25)24(34)30(23(20)33)15-7-9-16(10-8-15)31(36)37/h1-11,19-21H,12H2,(H,28,32)/t19-,20?,21?/m1/s1. The lowest BCUT2D eigenvalue weighted by Gasteiger charge is -2.29. The van der Waals surface area contributed by atoms with Gasteiger partial charge in [0.05, 0.1) is 38.6 Å². The van der Waals surface area contributed by atoms with Crippen LogP contribution in [0.15, 0.2) is 81.2 Å². The summed E-state index contributed by atoms with van der Waals surface area (Å²) in [6, 6.07) is 15.0. The van der Waals surface area contributed by atoms with Crippen LogP contribution in [0.5, 0.6) is 0 Å². The van der Waals surface area contributed by atoms with Gasteiger partial charge >= 0.3 is 4.87 Å². The second kappa shape index (κ2) is 10.1. The van der Waals surface area contributed by atoms with E-state index in [4.69, 9.17) is 16.0 Å². The van der Waals surface area contributed by atoms with Crippen LogP contribution < -0.4 is 15.1 Å². The lowest BCUT2D eigenvalue weighted by molar-refractivity contribution is -0.384. The molecule has 202 valence electrons. The third-order valence-electron chi connectivity index (χ3n) is 6.65. The third-order valence-corrected chi connectivity index (χ3v) is 9.50. The molecule has 3 atom stereocenters. The van der Waals surface area contributed by atoms with Gasteiger partial charge in [-0.1, -0.05) is 34.7 Å². The number of benzene rings is 2. The highest BCUT2D eigenvalue weighted by Crippen LogP contribution is 2.54. The van der Waals surface area contributed by atoms with Gasteiger partial charge in [-0.2, -0.15) is 0 Å². The first-order valence-corrected chi connectivity index (χ1v) is 13.9. The van der Waals surface area contributed by atoms with Crippen molar-refractivity contribution in [1.82, 2.24) is 4.57 Å². The number of carbonyl (C=O) groups is 3. The molecule has 0 bridgehead atoms. The van der Waals surface area contributed by atoms with Crippen molar-refractivity contribution in [2.75, 3.05) is 10.2 Å². The van der Waals surface area contributed by atoms with E-state index < -0.39 is 44.6 Å². The van der Waals surface area contributed by atoms with Crippen molar-refractivity contribution in [1.29, 1.82) is 0 Å². The molecular weight excluding hydrogens is 580 g/mol. The molecule has 1 saturated heterocycles. The minimum atomic E-state index is -0.912. The predicted molar refractivity (Wildman–Crippen MR) is 148 cm³/mol. The van der Waals surface area contributed by atoms with E-state index in [1.165, 1.54) is 35.1 Å². The third kappa shape index (κ3) is 4.41. The molecule has 0 spiro atoms. The van der Waals surface area contributed by atoms with Crippen LogP contribution in [0.3, 0.4) is 0 Å². The minimum Gasteiger partial charge on any atom is -0.469 e. The molecule has 1 fully saturated rings. The quantitative estimate of drug-likeness (QED) is 0.195. The average Bonchev–Trinajstić information content (AvgIpc) is 3.63. The van der Waals surface area contributed by atoms with Gasteiger partial charge < -0.3 is 9.73 Å². The summed E-state index contributed by atoms with van der Waals surface area (Å²) >= 11 is 7.86. The number of imide groups is 1. The molecule has 6 rings (SSSR count). The van der Waals surface area contributed by atoms with E-state index in [-0.39, 0.29) is 17.9 Å². The van der Waals surface area contributed by atoms with Gasteiger partial charge in [0, 0.05) is 22.8 Å². The molecule has 2 aliphatic rings. The largest absolute Gasteiger partial charge is 0.469 e. The van der Waals surface area contributed by atoms with E-state index in [2.05, 4.69) is 5.32 Å². The first-order valence-electron chi connectivity index (χ1n) is 11.8. The van der Waals surface area contributed by atoms with Crippen molar-refractivity contribution in [3.63, 3.8) is 0 Å². The summed E-state index contributed by atoms with van der Waals surface area (Å²) in [7, 11) is 0. The SMILES string of the molecule is O=C(Cn1c2c(sc1=O)[C@H](c1ccco1)C1C(=O)N(c3ccc([N+](=O)[O-])cc3)C(=O)C1S2)Nc1ccc(Cl)cc1. The number of furan rings is 1. The van der Waals surface area contributed by atoms with E-state index in [0.717, 1.165) is 28.0 Å². The molecule has 4 aromatic rings. The molecule has 2 aliphatic heterocycles. The summed E-state index contributed by atoms with van der Waals surface area (Å²) in [5.74, 6) is -2.70. The molecule has 11 nitrogen and oxygen atoms in total. The molecule has 2 aromatic heterocycles. The summed E-state index contributed by atoms with van der Waals surface area (Å²) < 4.78 is 6.96. The number of fused-ring (bicyclic) bond motifs is 2. The maximum absolute atomic E-state index is 13.7. The van der Waals surface area contributed by atoms with Crippen molar-refractivity contribution in [2.24, 2.45) is 5.92 Å². The Labute approximate surface area is 238 Å².